The van der Waals surface area contributed by atoms with Gasteiger partial charge in [-0.25, -0.2) is 4.98 Å². The maximum absolute atomic E-state index is 10.7. The average molecular weight is 254 g/mol. The van der Waals surface area contributed by atoms with Crippen LogP contribution in [0.3, 0.4) is 0 Å². The Bertz CT molecular complexity index is 450. The highest BCUT2D eigenvalue weighted by Gasteiger charge is 2.17. The Kier molecular flexibility index (Phi) is 4.78. The van der Waals surface area contributed by atoms with E-state index in [0.717, 1.165) is 12.6 Å². The van der Waals surface area contributed by atoms with E-state index in [0.29, 0.717) is 6.54 Å². The van der Waals surface area contributed by atoms with E-state index in [1.165, 1.54) is 0 Å². The van der Waals surface area contributed by atoms with Gasteiger partial charge < -0.3 is 16.4 Å². The normalized spacial score (nSPS) is 9.83. The Morgan fingerprint density at radius 2 is 2.28 bits per heavy atom. The number of nitrogens with two attached hydrogens (primary N) is 1. The standard InChI is InChI=1S/C9H14N6O3/c1-2-3-11-9-13-4-6(15(17)18)8(14-9)12-5-7(10)16/h4H,2-3,5H2,1H3,(H2,10,16)(H2,11,12,13,14). The molecule has 9 nitrogen and oxygen atoms in total. The predicted molar refractivity (Wildman–Crippen MR) is 65.2 cm³/mol. The van der Waals surface area contributed by atoms with Gasteiger partial charge in [0.05, 0.1) is 11.5 Å². The summed E-state index contributed by atoms with van der Waals surface area (Å²) in [5.74, 6) is -0.409. The van der Waals surface area contributed by atoms with E-state index in [2.05, 4.69) is 20.6 Å². The summed E-state index contributed by atoms with van der Waals surface area (Å²) in [7, 11) is 0. The van der Waals surface area contributed by atoms with Crippen molar-refractivity contribution < 1.29 is 9.72 Å². The molecule has 0 bridgehead atoms. The van der Waals surface area contributed by atoms with E-state index in [1.54, 1.807) is 0 Å². The lowest BCUT2D eigenvalue weighted by Crippen LogP contribution is -2.23. The monoisotopic (exact) mass is 254 g/mol. The maximum atomic E-state index is 10.7. The Morgan fingerprint density at radius 1 is 1.56 bits per heavy atom. The molecule has 1 rings (SSSR count). The fourth-order valence-electron chi connectivity index (χ4n) is 1.13. The van der Waals surface area contributed by atoms with Gasteiger partial charge in [-0.3, -0.25) is 14.9 Å². The molecule has 0 aliphatic rings. The van der Waals surface area contributed by atoms with Gasteiger partial charge in [0.1, 0.15) is 6.20 Å². The second kappa shape index (κ2) is 6.33. The molecule has 0 saturated heterocycles. The van der Waals surface area contributed by atoms with E-state index in [1.807, 2.05) is 6.92 Å². The van der Waals surface area contributed by atoms with E-state index < -0.39 is 10.8 Å². The summed E-state index contributed by atoms with van der Waals surface area (Å²) in [6.45, 7) is 2.38. The van der Waals surface area contributed by atoms with E-state index in [4.69, 9.17) is 5.73 Å². The van der Waals surface area contributed by atoms with Gasteiger partial charge in [0.25, 0.3) is 0 Å². The zero-order valence-corrected chi connectivity index (χ0v) is 9.84. The van der Waals surface area contributed by atoms with Crippen molar-refractivity contribution in [2.24, 2.45) is 5.73 Å². The Balaban J connectivity index is 2.92. The minimum atomic E-state index is -0.633. The van der Waals surface area contributed by atoms with Crippen LogP contribution in [-0.4, -0.2) is 33.9 Å². The number of nitrogens with zero attached hydrogens (tertiary/aromatic N) is 3. The number of hydrogen-bond donors (Lipinski definition) is 3. The van der Waals surface area contributed by atoms with Crippen LogP contribution in [0.5, 0.6) is 0 Å². The number of amides is 1. The van der Waals surface area contributed by atoms with Crippen molar-refractivity contribution in [3.05, 3.63) is 16.3 Å². The summed E-state index contributed by atoms with van der Waals surface area (Å²) in [6, 6.07) is 0. The van der Waals surface area contributed by atoms with Crippen LogP contribution in [0.1, 0.15) is 13.3 Å². The summed E-state index contributed by atoms with van der Waals surface area (Å²) in [5.41, 5.74) is 4.65. The average Bonchev–Trinajstić information content (AvgIpc) is 2.33. The fraction of sp³-hybridized carbons (Fsp3) is 0.444. The molecule has 0 aliphatic heterocycles. The first kappa shape index (κ1) is 13.6. The van der Waals surface area contributed by atoms with Gasteiger partial charge in [-0.2, -0.15) is 4.98 Å². The van der Waals surface area contributed by atoms with Gasteiger partial charge in [0.2, 0.25) is 17.7 Å². The van der Waals surface area contributed by atoms with Crippen LogP contribution >= 0.6 is 0 Å². The second-order valence-electron chi connectivity index (χ2n) is 3.43. The highest BCUT2D eigenvalue weighted by atomic mass is 16.6. The molecule has 0 aliphatic carbocycles. The molecule has 0 saturated carbocycles. The fourth-order valence-corrected chi connectivity index (χ4v) is 1.13. The van der Waals surface area contributed by atoms with Crippen LogP contribution in [0, 0.1) is 10.1 Å². The number of nitro groups is 1. The molecular formula is C9H14N6O3. The molecular weight excluding hydrogens is 240 g/mol. The quantitative estimate of drug-likeness (QED) is 0.463. The van der Waals surface area contributed by atoms with E-state index in [-0.39, 0.29) is 24.0 Å². The number of anilines is 2. The van der Waals surface area contributed by atoms with Crippen molar-refractivity contribution in [1.29, 1.82) is 0 Å². The molecule has 18 heavy (non-hydrogen) atoms. The summed E-state index contributed by atoms with van der Waals surface area (Å²) in [5, 5.41) is 16.1. The third-order valence-electron chi connectivity index (χ3n) is 1.93. The van der Waals surface area contributed by atoms with Crippen molar-refractivity contribution in [2.75, 3.05) is 23.7 Å². The van der Waals surface area contributed by atoms with Gasteiger partial charge in [0.15, 0.2) is 0 Å². The third kappa shape index (κ3) is 3.85. The molecule has 0 radical (unpaired) electrons. The number of aromatic nitrogens is 2. The molecule has 0 atom stereocenters. The van der Waals surface area contributed by atoms with Crippen LogP contribution in [0.15, 0.2) is 6.20 Å². The molecule has 1 heterocycles. The molecule has 98 valence electrons. The first-order chi connectivity index (χ1) is 8.54. The molecule has 9 heteroatoms. The maximum Gasteiger partial charge on any atom is 0.329 e. The zero-order chi connectivity index (χ0) is 13.5. The van der Waals surface area contributed by atoms with E-state index in [9.17, 15) is 14.9 Å². The SMILES string of the molecule is CCCNc1ncc([N+](=O)[O-])c(NCC(N)=O)n1. The smallest absolute Gasteiger partial charge is 0.329 e. The van der Waals surface area contributed by atoms with Crippen LogP contribution < -0.4 is 16.4 Å². The zero-order valence-electron chi connectivity index (χ0n) is 9.84. The first-order valence-electron chi connectivity index (χ1n) is 5.32. The van der Waals surface area contributed by atoms with Crippen molar-refractivity contribution in [3.8, 4) is 0 Å². The molecule has 4 N–H and O–H groups in total. The lowest BCUT2D eigenvalue weighted by atomic mass is 10.4. The van der Waals surface area contributed by atoms with Gasteiger partial charge in [-0.15, -0.1) is 0 Å². The van der Waals surface area contributed by atoms with Gasteiger partial charge in [0, 0.05) is 6.54 Å². The topological polar surface area (TPSA) is 136 Å². The third-order valence-corrected chi connectivity index (χ3v) is 1.93. The number of rotatable bonds is 7. The van der Waals surface area contributed by atoms with Crippen molar-refractivity contribution in [2.45, 2.75) is 13.3 Å². The summed E-state index contributed by atoms with van der Waals surface area (Å²) in [6.07, 6.45) is 1.94. The van der Waals surface area contributed by atoms with Crippen LogP contribution in [0.25, 0.3) is 0 Å². The lowest BCUT2D eigenvalue weighted by Gasteiger charge is -2.07. The predicted octanol–water partition coefficient (Wildman–Crippen LogP) is 0.104. The number of nitrogens with one attached hydrogen (secondary N) is 2. The minimum Gasteiger partial charge on any atom is -0.368 e. The Hall–Kier alpha value is -2.45. The molecule has 0 aromatic carbocycles. The highest BCUT2D eigenvalue weighted by molar-refractivity contribution is 5.79. The number of hydrogen-bond acceptors (Lipinski definition) is 7. The Morgan fingerprint density at radius 3 is 2.83 bits per heavy atom. The van der Waals surface area contributed by atoms with Crippen molar-refractivity contribution in [3.63, 3.8) is 0 Å². The molecule has 1 amide bonds. The van der Waals surface area contributed by atoms with Crippen molar-refractivity contribution >= 4 is 23.4 Å². The van der Waals surface area contributed by atoms with Crippen molar-refractivity contribution in [1.82, 2.24) is 9.97 Å². The molecule has 0 spiro atoms. The molecule has 0 fully saturated rings. The summed E-state index contributed by atoms with van der Waals surface area (Å²) >= 11 is 0. The number of carbonyl (C=O) groups is 1. The molecule has 1 aromatic rings. The lowest BCUT2D eigenvalue weighted by molar-refractivity contribution is -0.384. The largest absolute Gasteiger partial charge is 0.368 e. The number of carbonyl (C=O) groups excluding carboxylic acids is 1. The van der Waals surface area contributed by atoms with Gasteiger partial charge in [-0.1, -0.05) is 6.92 Å². The minimum absolute atomic E-state index is 0.0348. The molecule has 1 aromatic heterocycles. The summed E-state index contributed by atoms with van der Waals surface area (Å²) in [4.78, 5) is 28.5. The van der Waals surface area contributed by atoms with Crippen LogP contribution in [0.2, 0.25) is 0 Å². The van der Waals surface area contributed by atoms with Gasteiger partial charge in [-0.05, 0) is 6.42 Å². The number of primary amides is 1. The van der Waals surface area contributed by atoms with Crippen LogP contribution in [-0.2, 0) is 4.79 Å². The van der Waals surface area contributed by atoms with Crippen LogP contribution in [0.4, 0.5) is 17.5 Å². The molecule has 0 unspecified atom stereocenters. The second-order valence-corrected chi connectivity index (χ2v) is 3.43. The Labute approximate surface area is 103 Å². The van der Waals surface area contributed by atoms with E-state index >= 15 is 0 Å². The highest BCUT2D eigenvalue weighted by Crippen LogP contribution is 2.21. The van der Waals surface area contributed by atoms with Gasteiger partial charge >= 0.3 is 5.69 Å². The first-order valence-corrected chi connectivity index (χ1v) is 5.32. The summed E-state index contributed by atoms with van der Waals surface area (Å²) < 4.78 is 0.